The third-order valence-electron chi connectivity index (χ3n) is 4.23. The summed E-state index contributed by atoms with van der Waals surface area (Å²) in [5.41, 5.74) is -0.541. The first-order valence-electron chi connectivity index (χ1n) is 9.35. The van der Waals surface area contributed by atoms with Crippen LogP contribution in [-0.2, 0) is 4.74 Å². The summed E-state index contributed by atoms with van der Waals surface area (Å²) in [5, 5.41) is 0. The molecule has 0 aliphatic carbocycles. The zero-order valence-corrected chi connectivity index (χ0v) is 16.1. The molecule has 5 heteroatoms. The Morgan fingerprint density at radius 2 is 1.48 bits per heavy atom. The van der Waals surface area contributed by atoms with E-state index < -0.39 is 11.9 Å². The summed E-state index contributed by atoms with van der Waals surface area (Å²) in [7, 11) is 0. The molecule has 1 heterocycles. The number of ether oxygens (including phenoxy) is 3. The van der Waals surface area contributed by atoms with Gasteiger partial charge in [0.05, 0.1) is 0 Å². The lowest BCUT2D eigenvalue weighted by Crippen LogP contribution is -2.49. The fourth-order valence-electron chi connectivity index (χ4n) is 3.07. The highest BCUT2D eigenvalue weighted by atomic mass is 16.7. The molecule has 1 aliphatic rings. The van der Waals surface area contributed by atoms with E-state index in [1.165, 1.54) is 0 Å². The van der Waals surface area contributed by atoms with Gasteiger partial charge in [-0.2, -0.15) is 0 Å². The van der Waals surface area contributed by atoms with Gasteiger partial charge in [-0.05, 0) is 57.9 Å². The van der Waals surface area contributed by atoms with Crippen LogP contribution in [-0.4, -0.2) is 35.5 Å². The Balaban J connectivity index is 1.80. The van der Waals surface area contributed by atoms with Gasteiger partial charge in [-0.15, -0.1) is 0 Å². The van der Waals surface area contributed by atoms with Crippen molar-refractivity contribution in [1.29, 1.82) is 0 Å². The number of carbonyl (C=O) groups is 1. The molecule has 0 radical (unpaired) electrons. The minimum absolute atomic E-state index is 0.222. The monoisotopic (exact) mass is 369 g/mol. The predicted molar refractivity (Wildman–Crippen MR) is 104 cm³/mol. The van der Waals surface area contributed by atoms with Gasteiger partial charge in [-0.25, -0.2) is 4.79 Å². The highest BCUT2D eigenvalue weighted by Gasteiger charge is 2.39. The van der Waals surface area contributed by atoms with Gasteiger partial charge in [0, 0.05) is 6.54 Å². The SMILES string of the molecule is CC(C)(C)OC(=O)N1CCC[C@H]1C(Oc1ccccc1)Oc1ccccc1. The first kappa shape index (κ1) is 19.1. The molecule has 0 spiro atoms. The van der Waals surface area contributed by atoms with Gasteiger partial charge in [0.25, 0.3) is 6.29 Å². The molecule has 0 saturated carbocycles. The maximum atomic E-state index is 12.7. The fraction of sp³-hybridized carbons (Fsp3) is 0.409. The molecule has 0 N–H and O–H groups in total. The molecule has 1 saturated heterocycles. The lowest BCUT2D eigenvalue weighted by molar-refractivity contribution is -0.0570. The minimum Gasteiger partial charge on any atom is -0.453 e. The van der Waals surface area contributed by atoms with E-state index in [2.05, 4.69) is 0 Å². The van der Waals surface area contributed by atoms with Crippen LogP contribution in [0.4, 0.5) is 4.79 Å². The fourth-order valence-corrected chi connectivity index (χ4v) is 3.07. The van der Waals surface area contributed by atoms with Crippen molar-refractivity contribution in [2.45, 2.75) is 51.5 Å². The second-order valence-electron chi connectivity index (χ2n) is 7.61. The summed E-state index contributed by atoms with van der Waals surface area (Å²) in [4.78, 5) is 14.4. The summed E-state index contributed by atoms with van der Waals surface area (Å²) in [6, 6.07) is 18.8. The number of likely N-dealkylation sites (tertiary alicyclic amines) is 1. The normalized spacial score (nSPS) is 17.0. The van der Waals surface area contributed by atoms with Crippen molar-refractivity contribution in [1.82, 2.24) is 4.90 Å². The van der Waals surface area contributed by atoms with Gasteiger partial charge in [-0.1, -0.05) is 36.4 Å². The van der Waals surface area contributed by atoms with E-state index in [1.54, 1.807) is 4.90 Å². The van der Waals surface area contributed by atoms with E-state index in [-0.39, 0.29) is 12.1 Å². The molecule has 1 atom stereocenters. The summed E-state index contributed by atoms with van der Waals surface area (Å²) < 4.78 is 17.9. The molecule has 0 bridgehead atoms. The molecule has 1 amide bonds. The van der Waals surface area contributed by atoms with Crippen molar-refractivity contribution in [3.63, 3.8) is 0 Å². The third-order valence-corrected chi connectivity index (χ3v) is 4.23. The Labute approximate surface area is 160 Å². The number of amides is 1. The van der Waals surface area contributed by atoms with Crippen molar-refractivity contribution < 1.29 is 19.0 Å². The number of nitrogens with zero attached hydrogens (tertiary/aromatic N) is 1. The van der Waals surface area contributed by atoms with E-state index in [4.69, 9.17) is 14.2 Å². The van der Waals surface area contributed by atoms with Crippen molar-refractivity contribution in [3.8, 4) is 11.5 Å². The Hall–Kier alpha value is -2.69. The first-order valence-corrected chi connectivity index (χ1v) is 9.35. The highest BCUT2D eigenvalue weighted by molar-refractivity contribution is 5.69. The molecule has 144 valence electrons. The van der Waals surface area contributed by atoms with Gasteiger partial charge in [0.15, 0.2) is 0 Å². The van der Waals surface area contributed by atoms with Crippen LogP contribution in [0.15, 0.2) is 60.7 Å². The number of hydrogen-bond donors (Lipinski definition) is 0. The van der Waals surface area contributed by atoms with Crippen LogP contribution < -0.4 is 9.47 Å². The van der Waals surface area contributed by atoms with Crippen molar-refractivity contribution in [2.24, 2.45) is 0 Å². The van der Waals surface area contributed by atoms with Crippen LogP contribution in [0.25, 0.3) is 0 Å². The number of benzene rings is 2. The summed E-state index contributed by atoms with van der Waals surface area (Å²) in [5.74, 6) is 1.41. The molecule has 0 unspecified atom stereocenters. The maximum Gasteiger partial charge on any atom is 0.410 e. The van der Waals surface area contributed by atoms with Crippen LogP contribution in [0.1, 0.15) is 33.6 Å². The average molecular weight is 369 g/mol. The summed E-state index contributed by atoms with van der Waals surface area (Å²) >= 11 is 0. The molecule has 1 fully saturated rings. The summed E-state index contributed by atoms with van der Waals surface area (Å²) in [6.45, 7) is 6.24. The van der Waals surface area contributed by atoms with E-state index in [1.807, 2.05) is 81.4 Å². The molecular formula is C22H27NO4. The van der Waals surface area contributed by atoms with Gasteiger partial charge in [0.2, 0.25) is 0 Å². The molecule has 2 aromatic carbocycles. The van der Waals surface area contributed by atoms with Crippen LogP contribution in [0.3, 0.4) is 0 Å². The molecule has 0 aromatic heterocycles. The van der Waals surface area contributed by atoms with E-state index in [0.717, 1.165) is 12.8 Å². The number of rotatable bonds is 5. The summed E-state index contributed by atoms with van der Waals surface area (Å²) in [6.07, 6.45) is 0.730. The minimum atomic E-state index is -0.621. The van der Waals surface area contributed by atoms with Gasteiger partial charge in [0.1, 0.15) is 23.1 Å². The van der Waals surface area contributed by atoms with Gasteiger partial charge >= 0.3 is 6.09 Å². The molecule has 5 nitrogen and oxygen atoms in total. The zero-order valence-electron chi connectivity index (χ0n) is 16.1. The number of hydrogen-bond acceptors (Lipinski definition) is 4. The average Bonchev–Trinajstić information content (AvgIpc) is 3.11. The predicted octanol–water partition coefficient (Wildman–Crippen LogP) is 4.87. The maximum absolute atomic E-state index is 12.7. The van der Waals surface area contributed by atoms with Crippen LogP contribution in [0.5, 0.6) is 11.5 Å². The van der Waals surface area contributed by atoms with Crippen LogP contribution in [0.2, 0.25) is 0 Å². The Morgan fingerprint density at radius 3 is 1.96 bits per heavy atom. The third kappa shape index (κ3) is 5.39. The standard InChI is InChI=1S/C22H27NO4/c1-22(2,3)27-21(24)23-16-10-15-19(23)20(25-17-11-6-4-7-12-17)26-18-13-8-5-9-14-18/h4-9,11-14,19-20H,10,15-16H2,1-3H3/t19-/m0/s1. The van der Waals surface area contributed by atoms with Gasteiger partial charge in [-0.3, -0.25) is 4.90 Å². The Morgan fingerprint density at radius 1 is 0.963 bits per heavy atom. The van der Waals surface area contributed by atoms with E-state index in [9.17, 15) is 4.79 Å². The van der Waals surface area contributed by atoms with Crippen LogP contribution >= 0.6 is 0 Å². The van der Waals surface area contributed by atoms with Crippen LogP contribution in [0, 0.1) is 0 Å². The zero-order chi connectivity index (χ0) is 19.3. The second-order valence-corrected chi connectivity index (χ2v) is 7.61. The highest BCUT2D eigenvalue weighted by Crippen LogP contribution is 2.27. The molecular weight excluding hydrogens is 342 g/mol. The molecule has 2 aromatic rings. The van der Waals surface area contributed by atoms with E-state index in [0.29, 0.717) is 18.0 Å². The largest absolute Gasteiger partial charge is 0.453 e. The topological polar surface area (TPSA) is 48.0 Å². The van der Waals surface area contributed by atoms with Gasteiger partial charge < -0.3 is 14.2 Å². The second kappa shape index (κ2) is 8.33. The molecule has 1 aliphatic heterocycles. The molecule has 3 rings (SSSR count). The number of carbonyl (C=O) groups excluding carboxylic acids is 1. The lowest BCUT2D eigenvalue weighted by Gasteiger charge is -2.33. The molecule has 27 heavy (non-hydrogen) atoms. The van der Waals surface area contributed by atoms with Crippen molar-refractivity contribution >= 4 is 6.09 Å². The first-order chi connectivity index (χ1) is 12.9. The Kier molecular flexibility index (Phi) is 5.89. The smallest absolute Gasteiger partial charge is 0.410 e. The van der Waals surface area contributed by atoms with Crippen molar-refractivity contribution in [3.05, 3.63) is 60.7 Å². The van der Waals surface area contributed by atoms with E-state index >= 15 is 0 Å². The Bertz CT molecular complexity index is 685. The lowest BCUT2D eigenvalue weighted by atomic mass is 10.2. The van der Waals surface area contributed by atoms with Crippen molar-refractivity contribution in [2.75, 3.05) is 6.54 Å². The number of para-hydroxylation sites is 2. The quantitative estimate of drug-likeness (QED) is 0.706.